The van der Waals surface area contributed by atoms with Gasteiger partial charge in [0.25, 0.3) is 0 Å². The number of Topliss-reactive ketones (excluding diaryl/α,β-unsaturated/α-hetero) is 1. The largest absolute Gasteiger partial charge is 0.338 e. The first-order valence-corrected chi connectivity index (χ1v) is 7.27. The Balaban J connectivity index is 1.96. The van der Waals surface area contributed by atoms with Gasteiger partial charge >= 0.3 is 0 Å². The van der Waals surface area contributed by atoms with Gasteiger partial charge in [0, 0.05) is 44.2 Å². The van der Waals surface area contributed by atoms with Gasteiger partial charge in [-0.2, -0.15) is 0 Å². The van der Waals surface area contributed by atoms with Gasteiger partial charge < -0.3 is 10.3 Å². The molecule has 4 heteroatoms. The number of carbonyl (C=O) groups is 1. The molecule has 1 fully saturated rings. The number of nitrogens with two attached hydrogens (primary N) is 1. The maximum atomic E-state index is 12.5. The number of aromatic nitrogens is 2. The number of carbonyl (C=O) groups excluding carboxylic acids is 1. The highest BCUT2D eigenvalue weighted by Gasteiger charge is 2.38. The van der Waals surface area contributed by atoms with Gasteiger partial charge in [-0.1, -0.05) is 6.92 Å². The second kappa shape index (κ2) is 5.87. The van der Waals surface area contributed by atoms with Crippen molar-refractivity contribution in [2.75, 3.05) is 6.54 Å². The van der Waals surface area contributed by atoms with Crippen molar-refractivity contribution in [3.05, 3.63) is 18.2 Å². The van der Waals surface area contributed by atoms with E-state index >= 15 is 0 Å². The Morgan fingerprint density at radius 3 is 2.74 bits per heavy atom. The first-order valence-electron chi connectivity index (χ1n) is 7.27. The number of rotatable bonds is 5. The molecule has 1 aromatic rings. The SMILES string of the molecule is CC1CCC(CN)(C(=O)CCc2nccn2C)CC1. The lowest BCUT2D eigenvalue weighted by Gasteiger charge is -2.37. The molecule has 106 valence electrons. The quantitative estimate of drug-likeness (QED) is 0.884. The van der Waals surface area contributed by atoms with Crippen LogP contribution in [0.5, 0.6) is 0 Å². The molecule has 1 saturated carbocycles. The van der Waals surface area contributed by atoms with Crippen molar-refractivity contribution in [3.63, 3.8) is 0 Å². The van der Waals surface area contributed by atoms with E-state index in [2.05, 4.69) is 11.9 Å². The highest BCUT2D eigenvalue weighted by Crippen LogP contribution is 2.39. The number of imidazole rings is 1. The van der Waals surface area contributed by atoms with Gasteiger partial charge in [-0.15, -0.1) is 0 Å². The molecular formula is C15H25N3O. The molecule has 1 aliphatic carbocycles. The Kier molecular flexibility index (Phi) is 4.40. The Labute approximate surface area is 115 Å². The molecule has 1 aromatic heterocycles. The molecule has 0 bridgehead atoms. The first kappa shape index (κ1) is 14.3. The summed E-state index contributed by atoms with van der Waals surface area (Å²) < 4.78 is 1.98. The number of ketones is 1. The molecule has 4 nitrogen and oxygen atoms in total. The summed E-state index contributed by atoms with van der Waals surface area (Å²) in [5.74, 6) is 2.05. The van der Waals surface area contributed by atoms with Gasteiger partial charge in [0.1, 0.15) is 11.6 Å². The van der Waals surface area contributed by atoms with E-state index in [1.54, 1.807) is 6.20 Å². The van der Waals surface area contributed by atoms with E-state index in [0.29, 0.717) is 18.7 Å². The predicted octanol–water partition coefficient (Wildman–Crippen LogP) is 2.08. The third-order valence-electron chi connectivity index (χ3n) is 4.71. The summed E-state index contributed by atoms with van der Waals surface area (Å²) in [5, 5.41) is 0. The summed E-state index contributed by atoms with van der Waals surface area (Å²) >= 11 is 0. The summed E-state index contributed by atoms with van der Waals surface area (Å²) in [6, 6.07) is 0. The maximum absolute atomic E-state index is 12.5. The first-order chi connectivity index (χ1) is 9.07. The van der Waals surface area contributed by atoms with Crippen LogP contribution in [0.1, 0.15) is 44.9 Å². The zero-order chi connectivity index (χ0) is 13.9. The molecule has 0 spiro atoms. The summed E-state index contributed by atoms with van der Waals surface area (Å²) in [5.41, 5.74) is 5.67. The van der Waals surface area contributed by atoms with E-state index in [0.717, 1.165) is 43.8 Å². The van der Waals surface area contributed by atoms with Crippen molar-refractivity contribution in [1.82, 2.24) is 9.55 Å². The van der Waals surface area contributed by atoms with Gasteiger partial charge in [-0.05, 0) is 31.6 Å². The molecule has 0 aliphatic heterocycles. The Morgan fingerprint density at radius 2 is 2.21 bits per heavy atom. The molecule has 0 unspecified atom stereocenters. The van der Waals surface area contributed by atoms with Crippen LogP contribution >= 0.6 is 0 Å². The highest BCUT2D eigenvalue weighted by atomic mass is 16.1. The topological polar surface area (TPSA) is 60.9 Å². The maximum Gasteiger partial charge on any atom is 0.140 e. The molecule has 2 N–H and O–H groups in total. The van der Waals surface area contributed by atoms with Crippen LogP contribution in [0, 0.1) is 11.3 Å². The molecule has 19 heavy (non-hydrogen) atoms. The van der Waals surface area contributed by atoms with Crippen molar-refractivity contribution in [1.29, 1.82) is 0 Å². The van der Waals surface area contributed by atoms with Crippen molar-refractivity contribution < 1.29 is 4.79 Å². The lowest BCUT2D eigenvalue weighted by Crippen LogP contribution is -2.41. The standard InChI is InChI=1S/C15H25N3O/c1-12-5-7-15(11-16,8-6-12)13(19)3-4-14-17-9-10-18(14)2/h9-10,12H,3-8,11,16H2,1-2H3. The minimum Gasteiger partial charge on any atom is -0.338 e. The molecule has 1 aliphatic rings. The van der Waals surface area contributed by atoms with Crippen molar-refractivity contribution in [3.8, 4) is 0 Å². The van der Waals surface area contributed by atoms with Crippen molar-refractivity contribution in [2.45, 2.75) is 45.4 Å². The monoisotopic (exact) mass is 263 g/mol. The third-order valence-corrected chi connectivity index (χ3v) is 4.71. The van der Waals surface area contributed by atoms with E-state index in [1.807, 2.05) is 17.8 Å². The Bertz CT molecular complexity index is 430. The van der Waals surface area contributed by atoms with Crippen LogP contribution in [0.4, 0.5) is 0 Å². The molecule has 0 atom stereocenters. The fraction of sp³-hybridized carbons (Fsp3) is 0.733. The normalized spacial score (nSPS) is 27.4. The number of hydrogen-bond donors (Lipinski definition) is 1. The Morgan fingerprint density at radius 1 is 1.53 bits per heavy atom. The lowest BCUT2D eigenvalue weighted by atomic mass is 9.67. The zero-order valence-electron chi connectivity index (χ0n) is 12.1. The predicted molar refractivity (Wildman–Crippen MR) is 75.7 cm³/mol. The van der Waals surface area contributed by atoms with E-state index in [1.165, 1.54) is 0 Å². The number of hydrogen-bond acceptors (Lipinski definition) is 3. The number of aryl methyl sites for hydroxylation is 2. The average Bonchev–Trinajstić information content (AvgIpc) is 2.83. The third kappa shape index (κ3) is 3.06. The second-order valence-corrected chi connectivity index (χ2v) is 6.04. The minimum atomic E-state index is -0.252. The van der Waals surface area contributed by atoms with E-state index in [-0.39, 0.29) is 5.41 Å². The summed E-state index contributed by atoms with van der Waals surface area (Å²) in [6.07, 6.45) is 9.17. The number of nitrogens with zero attached hydrogens (tertiary/aromatic N) is 2. The average molecular weight is 263 g/mol. The van der Waals surface area contributed by atoms with Crippen LogP contribution in [-0.2, 0) is 18.3 Å². The molecule has 1 heterocycles. The van der Waals surface area contributed by atoms with Crippen molar-refractivity contribution in [2.24, 2.45) is 24.1 Å². The smallest absolute Gasteiger partial charge is 0.140 e. The molecule has 0 amide bonds. The van der Waals surface area contributed by atoms with Gasteiger partial charge in [0.15, 0.2) is 0 Å². The van der Waals surface area contributed by atoms with Crippen LogP contribution in [0.25, 0.3) is 0 Å². The van der Waals surface area contributed by atoms with Crippen molar-refractivity contribution >= 4 is 5.78 Å². The van der Waals surface area contributed by atoms with Gasteiger partial charge in [0.05, 0.1) is 0 Å². The molecular weight excluding hydrogens is 238 g/mol. The minimum absolute atomic E-state index is 0.252. The highest BCUT2D eigenvalue weighted by molar-refractivity contribution is 5.85. The molecule has 0 radical (unpaired) electrons. The van der Waals surface area contributed by atoms with Crippen LogP contribution < -0.4 is 5.73 Å². The second-order valence-electron chi connectivity index (χ2n) is 6.04. The van der Waals surface area contributed by atoms with Crippen LogP contribution in [0.3, 0.4) is 0 Å². The van der Waals surface area contributed by atoms with E-state index in [4.69, 9.17) is 5.73 Å². The summed E-state index contributed by atoms with van der Waals surface area (Å²) in [6.45, 7) is 2.76. The van der Waals surface area contributed by atoms with E-state index in [9.17, 15) is 4.79 Å². The molecule has 2 rings (SSSR count). The van der Waals surface area contributed by atoms with E-state index < -0.39 is 0 Å². The fourth-order valence-corrected chi connectivity index (χ4v) is 3.04. The van der Waals surface area contributed by atoms with Crippen LogP contribution in [0.15, 0.2) is 12.4 Å². The summed E-state index contributed by atoms with van der Waals surface area (Å²) in [7, 11) is 1.97. The van der Waals surface area contributed by atoms with Gasteiger partial charge in [-0.25, -0.2) is 4.98 Å². The molecule has 0 saturated heterocycles. The van der Waals surface area contributed by atoms with Crippen LogP contribution in [-0.4, -0.2) is 21.9 Å². The van der Waals surface area contributed by atoms with Gasteiger partial charge in [-0.3, -0.25) is 4.79 Å². The van der Waals surface area contributed by atoms with Crippen LogP contribution in [0.2, 0.25) is 0 Å². The summed E-state index contributed by atoms with van der Waals surface area (Å²) in [4.78, 5) is 16.8. The Hall–Kier alpha value is -1.16. The van der Waals surface area contributed by atoms with Gasteiger partial charge in [0.2, 0.25) is 0 Å². The zero-order valence-corrected chi connectivity index (χ0v) is 12.1. The molecule has 0 aromatic carbocycles. The fourth-order valence-electron chi connectivity index (χ4n) is 3.04. The lowest BCUT2D eigenvalue weighted by molar-refractivity contribution is -0.130.